The maximum absolute atomic E-state index is 4.13. The van der Waals surface area contributed by atoms with Crippen molar-refractivity contribution in [3.05, 3.63) is 34.2 Å². The first kappa shape index (κ1) is 7.89. The van der Waals surface area contributed by atoms with Crippen molar-refractivity contribution in [3.63, 3.8) is 0 Å². The minimum Gasteiger partial charge on any atom is -0.223 e. The van der Waals surface area contributed by atoms with E-state index in [0.29, 0.717) is 0 Å². The topological polar surface area (TPSA) is 25.8 Å². The second kappa shape index (κ2) is 3.33. The van der Waals surface area contributed by atoms with Crippen LogP contribution in [-0.2, 0) is 0 Å². The Balaban J connectivity index is 2.43. The van der Waals surface area contributed by atoms with E-state index < -0.39 is 0 Å². The molecule has 1 aromatic carbocycles. The highest BCUT2D eigenvalue weighted by Gasteiger charge is 1.99. The molecule has 0 radical (unpaired) electrons. The zero-order chi connectivity index (χ0) is 8.39. The van der Waals surface area contributed by atoms with Gasteiger partial charge in [-0.05, 0) is 23.7 Å². The molecule has 2 aromatic rings. The first-order valence-electron chi connectivity index (χ1n) is 3.38. The number of rotatable bonds is 1. The van der Waals surface area contributed by atoms with Crippen molar-refractivity contribution in [1.82, 2.24) is 9.36 Å². The molecule has 0 saturated heterocycles. The van der Waals surface area contributed by atoms with E-state index >= 15 is 0 Å². The quantitative estimate of drug-likeness (QED) is 0.767. The summed E-state index contributed by atoms with van der Waals surface area (Å²) < 4.78 is 5.20. The van der Waals surface area contributed by atoms with Crippen molar-refractivity contribution >= 4 is 27.5 Å². The first-order valence-corrected chi connectivity index (χ1v) is 5.01. The molecule has 0 atom stereocenters. The second-order valence-electron chi connectivity index (χ2n) is 2.26. The number of hydrogen-bond acceptors (Lipinski definition) is 3. The Morgan fingerprint density at radius 1 is 1.17 bits per heavy atom. The van der Waals surface area contributed by atoms with Crippen molar-refractivity contribution in [2.24, 2.45) is 0 Å². The molecule has 0 N–H and O–H groups in total. The molecule has 0 aliphatic heterocycles. The van der Waals surface area contributed by atoms with E-state index in [1.165, 1.54) is 11.5 Å². The molecule has 2 nitrogen and oxygen atoms in total. The molecule has 4 heteroatoms. The van der Waals surface area contributed by atoms with E-state index in [1.807, 2.05) is 24.3 Å². The number of benzene rings is 1. The van der Waals surface area contributed by atoms with E-state index in [4.69, 9.17) is 0 Å². The van der Waals surface area contributed by atoms with Crippen LogP contribution in [0.2, 0.25) is 0 Å². The van der Waals surface area contributed by atoms with Crippen LogP contribution in [0.15, 0.2) is 34.2 Å². The van der Waals surface area contributed by atoms with Crippen LogP contribution in [0.25, 0.3) is 11.4 Å². The van der Waals surface area contributed by atoms with E-state index in [2.05, 4.69) is 25.3 Å². The van der Waals surface area contributed by atoms with Crippen LogP contribution in [0.3, 0.4) is 0 Å². The fraction of sp³-hybridized carbons (Fsp3) is 0. The van der Waals surface area contributed by atoms with Gasteiger partial charge in [-0.1, -0.05) is 28.1 Å². The second-order valence-corrected chi connectivity index (χ2v) is 3.78. The van der Waals surface area contributed by atoms with Gasteiger partial charge in [0.1, 0.15) is 5.51 Å². The van der Waals surface area contributed by atoms with Crippen LogP contribution in [0.5, 0.6) is 0 Å². The predicted molar refractivity (Wildman–Crippen MR) is 53.0 cm³/mol. The fourth-order valence-corrected chi connectivity index (χ4v) is 1.61. The van der Waals surface area contributed by atoms with Crippen molar-refractivity contribution in [3.8, 4) is 11.4 Å². The summed E-state index contributed by atoms with van der Waals surface area (Å²) in [4.78, 5) is 4.11. The molecule has 1 aromatic heterocycles. The highest BCUT2D eigenvalue weighted by molar-refractivity contribution is 9.10. The van der Waals surface area contributed by atoms with E-state index in [-0.39, 0.29) is 0 Å². The molecule has 0 aliphatic rings. The average Bonchev–Trinajstić information content (AvgIpc) is 2.58. The van der Waals surface area contributed by atoms with Gasteiger partial charge in [0.2, 0.25) is 0 Å². The van der Waals surface area contributed by atoms with Gasteiger partial charge < -0.3 is 0 Å². The van der Waals surface area contributed by atoms with Gasteiger partial charge in [0.15, 0.2) is 5.82 Å². The summed E-state index contributed by atoms with van der Waals surface area (Å²) in [7, 11) is 0. The molecule has 60 valence electrons. The van der Waals surface area contributed by atoms with Gasteiger partial charge in [-0.2, -0.15) is 4.37 Å². The SMILES string of the molecule is Brc1ccc(-c2ncsn2)cc1. The zero-order valence-electron chi connectivity index (χ0n) is 6.07. The number of nitrogens with zero attached hydrogens (tertiary/aromatic N) is 2. The third-order valence-electron chi connectivity index (χ3n) is 1.46. The van der Waals surface area contributed by atoms with Crippen LogP contribution >= 0.6 is 27.5 Å². The standard InChI is InChI=1S/C8H5BrN2S/c9-7-3-1-6(2-4-7)8-10-5-12-11-8/h1-5H. The van der Waals surface area contributed by atoms with Gasteiger partial charge in [0.25, 0.3) is 0 Å². The Morgan fingerprint density at radius 3 is 2.50 bits per heavy atom. The van der Waals surface area contributed by atoms with Crippen LogP contribution in [0, 0.1) is 0 Å². The molecule has 1 heterocycles. The van der Waals surface area contributed by atoms with Gasteiger partial charge in [-0.3, -0.25) is 0 Å². The molecule has 2 rings (SSSR count). The lowest BCUT2D eigenvalue weighted by Gasteiger charge is -1.93. The van der Waals surface area contributed by atoms with Crippen molar-refractivity contribution in [2.75, 3.05) is 0 Å². The maximum Gasteiger partial charge on any atom is 0.172 e. The van der Waals surface area contributed by atoms with Gasteiger partial charge in [0, 0.05) is 10.0 Å². The largest absolute Gasteiger partial charge is 0.223 e. The van der Waals surface area contributed by atoms with Crippen molar-refractivity contribution < 1.29 is 0 Å². The summed E-state index contributed by atoms with van der Waals surface area (Å²) in [6, 6.07) is 7.95. The van der Waals surface area contributed by atoms with Crippen LogP contribution in [0.1, 0.15) is 0 Å². The minimum absolute atomic E-state index is 0.799. The molecule has 12 heavy (non-hydrogen) atoms. The molecule has 0 unspecified atom stereocenters. The van der Waals surface area contributed by atoms with Crippen molar-refractivity contribution in [1.29, 1.82) is 0 Å². The van der Waals surface area contributed by atoms with Gasteiger partial charge in [0.05, 0.1) is 0 Å². The Hall–Kier alpha value is -0.740. The third-order valence-corrected chi connectivity index (χ3v) is 2.47. The first-order chi connectivity index (χ1) is 5.86. The Bertz CT molecular complexity index is 355. The van der Waals surface area contributed by atoms with Crippen LogP contribution < -0.4 is 0 Å². The van der Waals surface area contributed by atoms with Gasteiger partial charge in [-0.25, -0.2) is 4.98 Å². The van der Waals surface area contributed by atoms with Crippen LogP contribution in [-0.4, -0.2) is 9.36 Å². The number of aromatic nitrogens is 2. The Labute approximate surface area is 82.6 Å². The van der Waals surface area contributed by atoms with E-state index in [9.17, 15) is 0 Å². The Kier molecular flexibility index (Phi) is 2.19. The average molecular weight is 241 g/mol. The number of halogens is 1. The predicted octanol–water partition coefficient (Wildman–Crippen LogP) is 2.97. The molecule has 0 amide bonds. The van der Waals surface area contributed by atoms with Gasteiger partial charge in [-0.15, -0.1) is 0 Å². The van der Waals surface area contributed by atoms with Gasteiger partial charge >= 0.3 is 0 Å². The normalized spacial score (nSPS) is 10.1. The summed E-state index contributed by atoms with van der Waals surface area (Å²) in [6.45, 7) is 0. The molecule has 0 bridgehead atoms. The molecule has 0 aliphatic carbocycles. The summed E-state index contributed by atoms with van der Waals surface area (Å²) in [6.07, 6.45) is 0. The van der Waals surface area contributed by atoms with Crippen molar-refractivity contribution in [2.45, 2.75) is 0 Å². The summed E-state index contributed by atoms with van der Waals surface area (Å²) in [5.41, 5.74) is 2.79. The Morgan fingerprint density at radius 2 is 1.92 bits per heavy atom. The van der Waals surface area contributed by atoms with Crippen LogP contribution in [0.4, 0.5) is 0 Å². The smallest absolute Gasteiger partial charge is 0.172 e. The maximum atomic E-state index is 4.13. The molecule has 0 spiro atoms. The lowest BCUT2D eigenvalue weighted by molar-refractivity contribution is 1.32. The molecular formula is C8H5BrN2S. The monoisotopic (exact) mass is 240 g/mol. The van der Waals surface area contributed by atoms with E-state index in [0.717, 1.165) is 15.9 Å². The summed E-state index contributed by atoms with van der Waals surface area (Å²) in [5, 5.41) is 0. The highest BCUT2D eigenvalue weighted by atomic mass is 79.9. The van der Waals surface area contributed by atoms with E-state index in [1.54, 1.807) is 5.51 Å². The zero-order valence-corrected chi connectivity index (χ0v) is 8.47. The molecular weight excluding hydrogens is 236 g/mol. The third kappa shape index (κ3) is 1.54. The summed E-state index contributed by atoms with van der Waals surface area (Å²) >= 11 is 4.74. The molecule has 0 fully saturated rings. The lowest BCUT2D eigenvalue weighted by Crippen LogP contribution is -1.78. The number of hydrogen-bond donors (Lipinski definition) is 0. The highest BCUT2D eigenvalue weighted by Crippen LogP contribution is 2.18. The lowest BCUT2D eigenvalue weighted by atomic mass is 10.2. The summed E-state index contributed by atoms with van der Waals surface area (Å²) in [5.74, 6) is 0.799. The molecule has 0 saturated carbocycles. The fourth-order valence-electron chi connectivity index (χ4n) is 0.897. The minimum atomic E-state index is 0.799.